The van der Waals surface area contributed by atoms with Crippen molar-refractivity contribution in [3.8, 4) is 11.5 Å². The lowest BCUT2D eigenvalue weighted by molar-refractivity contribution is -0.130. The van der Waals surface area contributed by atoms with Crippen LogP contribution in [0.2, 0.25) is 0 Å². The number of benzene rings is 1. The Labute approximate surface area is 167 Å². The van der Waals surface area contributed by atoms with Gasteiger partial charge in [-0.2, -0.15) is 0 Å². The molecule has 154 valence electrons. The molecule has 0 bridgehead atoms. The molecule has 2 amide bonds. The zero-order chi connectivity index (χ0) is 20.3. The summed E-state index contributed by atoms with van der Waals surface area (Å²) in [4.78, 5) is 30.4. The van der Waals surface area contributed by atoms with E-state index in [2.05, 4.69) is 18.9 Å². The van der Waals surface area contributed by atoms with Gasteiger partial charge in [-0.05, 0) is 32.2 Å². The Bertz CT molecular complexity index is 716. The Kier molecular flexibility index (Phi) is 6.44. The van der Waals surface area contributed by atoms with Crippen LogP contribution in [-0.4, -0.2) is 85.5 Å². The normalized spacial score (nSPS) is 21.5. The monoisotopic (exact) mass is 389 g/mol. The van der Waals surface area contributed by atoms with Gasteiger partial charge in [0.1, 0.15) is 6.10 Å². The largest absolute Gasteiger partial charge is 0.493 e. The van der Waals surface area contributed by atoms with Crippen molar-refractivity contribution in [2.24, 2.45) is 0 Å². The van der Waals surface area contributed by atoms with Crippen molar-refractivity contribution in [3.05, 3.63) is 23.8 Å². The van der Waals surface area contributed by atoms with Gasteiger partial charge in [-0.15, -0.1) is 0 Å². The standard InChI is InChI=1S/C21H31N3O4/c1-15-14-24(12-11-22(15)3)21(26)17-5-6-19(20(13-17)27-4)28-18-7-9-23(10-8-18)16(2)25/h5-6,13,15,18H,7-12,14H2,1-4H3/t15-/m1/s1. The van der Waals surface area contributed by atoms with Crippen molar-refractivity contribution in [2.45, 2.75) is 38.8 Å². The molecule has 0 unspecified atom stereocenters. The molecular formula is C21H31N3O4. The van der Waals surface area contributed by atoms with Crippen molar-refractivity contribution in [1.29, 1.82) is 0 Å². The zero-order valence-corrected chi connectivity index (χ0v) is 17.3. The van der Waals surface area contributed by atoms with Gasteiger partial charge in [0.05, 0.1) is 7.11 Å². The maximum absolute atomic E-state index is 12.9. The number of methoxy groups -OCH3 is 1. The van der Waals surface area contributed by atoms with E-state index in [0.717, 1.165) is 32.5 Å². The molecular weight excluding hydrogens is 358 g/mol. The van der Waals surface area contributed by atoms with Gasteiger partial charge in [-0.25, -0.2) is 0 Å². The average Bonchev–Trinajstić information content (AvgIpc) is 2.70. The molecule has 0 N–H and O–H groups in total. The molecule has 0 aliphatic carbocycles. The van der Waals surface area contributed by atoms with Crippen LogP contribution in [0.15, 0.2) is 18.2 Å². The molecule has 2 heterocycles. The Hall–Kier alpha value is -2.28. The van der Waals surface area contributed by atoms with Crippen LogP contribution >= 0.6 is 0 Å². The minimum Gasteiger partial charge on any atom is -0.493 e. The first-order valence-electron chi connectivity index (χ1n) is 9.98. The van der Waals surface area contributed by atoms with Crippen LogP contribution in [0, 0.1) is 0 Å². The second-order valence-electron chi connectivity index (χ2n) is 7.77. The van der Waals surface area contributed by atoms with E-state index in [1.165, 1.54) is 0 Å². The highest BCUT2D eigenvalue weighted by atomic mass is 16.5. The van der Waals surface area contributed by atoms with Gasteiger partial charge in [-0.3, -0.25) is 9.59 Å². The molecule has 1 aromatic rings. The van der Waals surface area contributed by atoms with Crippen molar-refractivity contribution >= 4 is 11.8 Å². The van der Waals surface area contributed by atoms with Gasteiger partial charge in [0, 0.05) is 64.1 Å². The Balaban J connectivity index is 1.65. The Morgan fingerprint density at radius 3 is 2.36 bits per heavy atom. The quantitative estimate of drug-likeness (QED) is 0.787. The molecule has 0 aromatic heterocycles. The minimum absolute atomic E-state index is 0.0274. The van der Waals surface area contributed by atoms with Crippen LogP contribution in [0.3, 0.4) is 0 Å². The fraction of sp³-hybridized carbons (Fsp3) is 0.619. The molecule has 7 heteroatoms. The number of amides is 2. The van der Waals surface area contributed by atoms with E-state index in [4.69, 9.17) is 9.47 Å². The van der Waals surface area contributed by atoms with Gasteiger partial charge in [0.2, 0.25) is 5.91 Å². The first kappa shape index (κ1) is 20.5. The number of ether oxygens (including phenoxy) is 2. The van der Waals surface area contributed by atoms with Gasteiger partial charge in [0.25, 0.3) is 5.91 Å². The summed E-state index contributed by atoms with van der Waals surface area (Å²) in [6.45, 7) is 7.49. The summed E-state index contributed by atoms with van der Waals surface area (Å²) in [5, 5.41) is 0. The second-order valence-corrected chi connectivity index (χ2v) is 7.77. The molecule has 2 aliphatic heterocycles. The molecule has 7 nitrogen and oxygen atoms in total. The maximum atomic E-state index is 12.9. The van der Waals surface area contributed by atoms with Gasteiger partial charge < -0.3 is 24.2 Å². The summed E-state index contributed by atoms with van der Waals surface area (Å²) in [6, 6.07) is 5.75. The Morgan fingerprint density at radius 1 is 1.04 bits per heavy atom. The lowest BCUT2D eigenvalue weighted by Crippen LogP contribution is -2.52. The first-order chi connectivity index (χ1) is 13.4. The molecule has 2 fully saturated rings. The molecule has 0 saturated carbocycles. The maximum Gasteiger partial charge on any atom is 0.254 e. The molecule has 28 heavy (non-hydrogen) atoms. The van der Waals surface area contributed by atoms with Crippen LogP contribution in [0.25, 0.3) is 0 Å². The lowest BCUT2D eigenvalue weighted by atomic mass is 10.1. The van der Waals surface area contributed by atoms with E-state index < -0.39 is 0 Å². The number of piperidine rings is 1. The number of nitrogens with zero attached hydrogens (tertiary/aromatic N) is 3. The topological polar surface area (TPSA) is 62.3 Å². The average molecular weight is 389 g/mol. The number of likely N-dealkylation sites (N-methyl/N-ethyl adjacent to an activating group) is 1. The van der Waals surface area contributed by atoms with Crippen molar-refractivity contribution < 1.29 is 19.1 Å². The van der Waals surface area contributed by atoms with Crippen molar-refractivity contribution in [3.63, 3.8) is 0 Å². The minimum atomic E-state index is 0.0274. The third kappa shape index (κ3) is 4.58. The molecule has 2 aliphatic rings. The Morgan fingerprint density at radius 2 is 1.75 bits per heavy atom. The third-order valence-electron chi connectivity index (χ3n) is 5.84. The molecule has 0 spiro atoms. The molecule has 1 atom stereocenters. The van der Waals surface area contributed by atoms with Crippen molar-refractivity contribution in [1.82, 2.24) is 14.7 Å². The highest BCUT2D eigenvalue weighted by Crippen LogP contribution is 2.31. The molecule has 2 saturated heterocycles. The van der Waals surface area contributed by atoms with Crippen molar-refractivity contribution in [2.75, 3.05) is 46.9 Å². The SMILES string of the molecule is COc1cc(C(=O)N2CCN(C)[C@H](C)C2)ccc1OC1CCN(C(C)=O)CC1. The number of rotatable bonds is 4. The zero-order valence-electron chi connectivity index (χ0n) is 17.3. The smallest absolute Gasteiger partial charge is 0.254 e. The number of hydrogen-bond donors (Lipinski definition) is 0. The van der Waals surface area contributed by atoms with Crippen LogP contribution in [0.1, 0.15) is 37.0 Å². The number of hydrogen-bond acceptors (Lipinski definition) is 5. The second kappa shape index (κ2) is 8.82. The highest BCUT2D eigenvalue weighted by Gasteiger charge is 2.27. The van der Waals surface area contributed by atoms with Gasteiger partial charge in [-0.1, -0.05) is 0 Å². The number of carbonyl (C=O) groups is 2. The fourth-order valence-electron chi connectivity index (χ4n) is 3.78. The predicted octanol–water partition coefficient (Wildman–Crippen LogP) is 1.86. The number of carbonyl (C=O) groups excluding carboxylic acids is 2. The third-order valence-corrected chi connectivity index (χ3v) is 5.84. The van der Waals surface area contributed by atoms with Crippen LogP contribution in [0.5, 0.6) is 11.5 Å². The summed E-state index contributed by atoms with van der Waals surface area (Å²) in [6.07, 6.45) is 1.63. The molecule has 3 rings (SSSR count). The van der Waals surface area contributed by atoms with Crippen LogP contribution in [0.4, 0.5) is 0 Å². The molecule has 1 aromatic carbocycles. The summed E-state index contributed by atoms with van der Waals surface area (Å²) in [5.74, 6) is 1.35. The molecule has 0 radical (unpaired) electrons. The van der Waals surface area contributed by atoms with E-state index in [1.54, 1.807) is 20.1 Å². The van der Waals surface area contributed by atoms with E-state index >= 15 is 0 Å². The van der Waals surface area contributed by atoms with E-state index in [9.17, 15) is 9.59 Å². The number of likely N-dealkylation sites (tertiary alicyclic amines) is 1. The van der Waals surface area contributed by atoms with E-state index in [1.807, 2.05) is 21.9 Å². The van der Waals surface area contributed by atoms with Gasteiger partial charge >= 0.3 is 0 Å². The number of piperazine rings is 1. The van der Waals surface area contributed by atoms with Gasteiger partial charge in [0.15, 0.2) is 11.5 Å². The van der Waals surface area contributed by atoms with E-state index in [-0.39, 0.29) is 17.9 Å². The van der Waals surface area contributed by atoms with E-state index in [0.29, 0.717) is 36.2 Å². The summed E-state index contributed by atoms with van der Waals surface area (Å²) >= 11 is 0. The lowest BCUT2D eigenvalue weighted by Gasteiger charge is -2.37. The summed E-state index contributed by atoms with van der Waals surface area (Å²) in [5.41, 5.74) is 0.618. The summed E-state index contributed by atoms with van der Waals surface area (Å²) in [7, 11) is 3.68. The fourth-order valence-corrected chi connectivity index (χ4v) is 3.78. The van der Waals surface area contributed by atoms with Crippen LogP contribution < -0.4 is 9.47 Å². The summed E-state index contributed by atoms with van der Waals surface area (Å²) < 4.78 is 11.6. The highest BCUT2D eigenvalue weighted by molar-refractivity contribution is 5.95. The van der Waals surface area contributed by atoms with Crippen LogP contribution in [-0.2, 0) is 4.79 Å². The first-order valence-corrected chi connectivity index (χ1v) is 9.98. The predicted molar refractivity (Wildman–Crippen MR) is 107 cm³/mol.